The number of thiophene rings is 1. The van der Waals surface area contributed by atoms with Crippen molar-refractivity contribution in [1.29, 1.82) is 0 Å². The van der Waals surface area contributed by atoms with Crippen LogP contribution in [0.4, 0.5) is 0 Å². The van der Waals surface area contributed by atoms with Crippen molar-refractivity contribution in [3.63, 3.8) is 0 Å². The van der Waals surface area contributed by atoms with Crippen LogP contribution in [0.25, 0.3) is 0 Å². The van der Waals surface area contributed by atoms with Gasteiger partial charge in [0, 0.05) is 17.0 Å². The maximum atomic E-state index is 10.9. The number of nitrogens with zero attached hydrogens (tertiary/aromatic N) is 1. The van der Waals surface area contributed by atoms with Crippen LogP contribution < -0.4 is 0 Å². The van der Waals surface area contributed by atoms with E-state index in [1.54, 1.807) is 11.3 Å². The van der Waals surface area contributed by atoms with E-state index in [1.807, 2.05) is 16.3 Å². The summed E-state index contributed by atoms with van der Waals surface area (Å²) in [5, 5.41) is 11.0. The Hall–Kier alpha value is -0.870. The molecule has 0 saturated heterocycles. The van der Waals surface area contributed by atoms with E-state index in [4.69, 9.17) is 5.11 Å². The molecule has 4 heteroatoms. The van der Waals surface area contributed by atoms with Crippen LogP contribution in [0.1, 0.15) is 38.1 Å². The molecule has 0 radical (unpaired) electrons. The highest BCUT2D eigenvalue weighted by atomic mass is 32.1. The van der Waals surface area contributed by atoms with Crippen LogP contribution in [0.5, 0.6) is 0 Å². The molecule has 0 saturated carbocycles. The number of carboxylic acid groups (broad SMARTS) is 1. The zero-order valence-electron chi connectivity index (χ0n) is 10.0. The molecule has 0 aliphatic heterocycles. The first-order valence-electron chi connectivity index (χ1n) is 5.57. The van der Waals surface area contributed by atoms with Crippen LogP contribution in [-0.4, -0.2) is 28.6 Å². The highest BCUT2D eigenvalue weighted by Crippen LogP contribution is 2.26. The second kappa shape index (κ2) is 6.01. The van der Waals surface area contributed by atoms with Gasteiger partial charge in [0.2, 0.25) is 0 Å². The largest absolute Gasteiger partial charge is 0.480 e. The Labute approximate surface area is 101 Å². The van der Waals surface area contributed by atoms with Gasteiger partial charge in [-0.1, -0.05) is 13.0 Å². The van der Waals surface area contributed by atoms with Crippen LogP contribution in [0.15, 0.2) is 17.5 Å². The molecule has 0 fully saturated rings. The van der Waals surface area contributed by atoms with Gasteiger partial charge < -0.3 is 5.11 Å². The number of hydrogen-bond donors (Lipinski definition) is 1. The number of carboxylic acids is 1. The average Bonchev–Trinajstić information content (AvgIpc) is 2.77. The van der Waals surface area contributed by atoms with Crippen molar-refractivity contribution in [1.82, 2.24) is 4.90 Å². The quantitative estimate of drug-likeness (QED) is 0.832. The Kier molecular flexibility index (Phi) is 4.96. The van der Waals surface area contributed by atoms with E-state index < -0.39 is 5.97 Å². The minimum atomic E-state index is -0.760. The lowest BCUT2D eigenvalue weighted by Crippen LogP contribution is -2.38. The summed E-state index contributed by atoms with van der Waals surface area (Å²) in [5.41, 5.74) is 0. The van der Waals surface area contributed by atoms with Gasteiger partial charge in [0.25, 0.3) is 0 Å². The summed E-state index contributed by atoms with van der Waals surface area (Å²) in [6.07, 6.45) is 0.961. The van der Waals surface area contributed by atoms with Crippen molar-refractivity contribution in [3.8, 4) is 0 Å². The molecular weight excluding hydrogens is 222 g/mol. The summed E-state index contributed by atoms with van der Waals surface area (Å²) >= 11 is 1.68. The molecule has 0 aromatic carbocycles. The summed E-state index contributed by atoms with van der Waals surface area (Å²) in [6, 6.07) is 4.53. The van der Waals surface area contributed by atoms with Gasteiger partial charge in [-0.15, -0.1) is 11.3 Å². The van der Waals surface area contributed by atoms with Gasteiger partial charge >= 0.3 is 5.97 Å². The van der Waals surface area contributed by atoms with Crippen molar-refractivity contribution in [2.45, 2.75) is 39.3 Å². The molecule has 2 atom stereocenters. The van der Waals surface area contributed by atoms with Gasteiger partial charge in [-0.2, -0.15) is 0 Å². The molecule has 1 rings (SSSR count). The predicted octanol–water partition coefficient (Wildman–Crippen LogP) is 2.99. The van der Waals surface area contributed by atoms with Crippen molar-refractivity contribution in [3.05, 3.63) is 22.4 Å². The minimum Gasteiger partial charge on any atom is -0.480 e. The van der Waals surface area contributed by atoms with Crippen molar-refractivity contribution < 1.29 is 9.90 Å². The molecular formula is C12H19NO2S. The molecule has 1 N–H and O–H groups in total. The van der Waals surface area contributed by atoms with E-state index >= 15 is 0 Å². The lowest BCUT2D eigenvalue weighted by molar-refractivity contribution is -0.139. The minimum absolute atomic E-state index is 0.105. The van der Waals surface area contributed by atoms with Crippen LogP contribution >= 0.6 is 11.3 Å². The summed E-state index contributed by atoms with van der Waals surface area (Å²) in [6.45, 7) is 6.34. The molecule has 0 amide bonds. The molecule has 2 unspecified atom stereocenters. The van der Waals surface area contributed by atoms with E-state index in [1.165, 1.54) is 4.88 Å². The second-order valence-corrected chi connectivity index (χ2v) is 4.99. The highest BCUT2D eigenvalue weighted by Gasteiger charge is 2.23. The molecule has 1 aromatic rings. The summed E-state index contributed by atoms with van der Waals surface area (Å²) < 4.78 is 0. The molecule has 0 spiro atoms. The van der Waals surface area contributed by atoms with Crippen LogP contribution in [0.2, 0.25) is 0 Å². The van der Waals surface area contributed by atoms with E-state index in [0.29, 0.717) is 0 Å². The van der Waals surface area contributed by atoms with Crippen molar-refractivity contribution >= 4 is 17.3 Å². The second-order valence-electron chi connectivity index (χ2n) is 4.01. The smallest absolute Gasteiger partial charge is 0.317 e. The SMILES string of the molecule is CCC(C)N(CC(=O)O)C(C)c1cccs1. The highest BCUT2D eigenvalue weighted by molar-refractivity contribution is 7.10. The van der Waals surface area contributed by atoms with E-state index in [9.17, 15) is 4.79 Å². The Bertz CT molecular complexity index is 324. The molecule has 90 valence electrons. The third-order valence-corrected chi connectivity index (χ3v) is 3.97. The molecule has 1 heterocycles. The summed E-state index contributed by atoms with van der Waals surface area (Å²) in [5.74, 6) is -0.760. The molecule has 0 aliphatic rings. The fourth-order valence-electron chi connectivity index (χ4n) is 1.76. The molecule has 16 heavy (non-hydrogen) atoms. The Morgan fingerprint density at radius 3 is 2.69 bits per heavy atom. The summed E-state index contributed by atoms with van der Waals surface area (Å²) in [7, 11) is 0. The van der Waals surface area contributed by atoms with Crippen molar-refractivity contribution in [2.24, 2.45) is 0 Å². The predicted molar refractivity (Wildman–Crippen MR) is 66.8 cm³/mol. The van der Waals surface area contributed by atoms with Gasteiger partial charge in [0.1, 0.15) is 0 Å². The molecule has 0 aliphatic carbocycles. The third-order valence-electron chi connectivity index (χ3n) is 2.93. The monoisotopic (exact) mass is 241 g/mol. The maximum Gasteiger partial charge on any atom is 0.317 e. The first-order valence-corrected chi connectivity index (χ1v) is 6.45. The van der Waals surface area contributed by atoms with Gasteiger partial charge in [-0.25, -0.2) is 0 Å². The molecule has 0 bridgehead atoms. The fraction of sp³-hybridized carbons (Fsp3) is 0.583. The van der Waals surface area contributed by atoms with Gasteiger partial charge in [-0.3, -0.25) is 9.69 Å². The lowest BCUT2D eigenvalue weighted by atomic mass is 10.1. The number of hydrogen-bond acceptors (Lipinski definition) is 3. The van der Waals surface area contributed by atoms with Gasteiger partial charge in [0.15, 0.2) is 0 Å². The van der Waals surface area contributed by atoms with E-state index in [0.717, 1.165) is 6.42 Å². The third kappa shape index (κ3) is 3.32. The number of aliphatic carboxylic acids is 1. The Morgan fingerprint density at radius 2 is 2.25 bits per heavy atom. The zero-order valence-corrected chi connectivity index (χ0v) is 10.8. The van der Waals surface area contributed by atoms with Crippen LogP contribution in [0.3, 0.4) is 0 Å². The Balaban J connectivity index is 2.79. The first kappa shape index (κ1) is 13.2. The zero-order chi connectivity index (χ0) is 12.1. The number of carbonyl (C=O) groups is 1. The van der Waals surface area contributed by atoms with Crippen LogP contribution in [-0.2, 0) is 4.79 Å². The summed E-state index contributed by atoms with van der Waals surface area (Å²) in [4.78, 5) is 14.1. The lowest BCUT2D eigenvalue weighted by Gasteiger charge is -2.32. The normalized spacial score (nSPS) is 15.0. The standard InChI is InChI=1S/C12H19NO2S/c1-4-9(2)13(8-12(14)15)10(3)11-6-5-7-16-11/h5-7,9-10H,4,8H2,1-3H3,(H,14,15). The number of rotatable bonds is 6. The Morgan fingerprint density at radius 1 is 1.56 bits per heavy atom. The van der Waals surface area contributed by atoms with Gasteiger partial charge in [-0.05, 0) is 31.7 Å². The van der Waals surface area contributed by atoms with Crippen molar-refractivity contribution in [2.75, 3.05) is 6.54 Å². The fourth-order valence-corrected chi connectivity index (χ4v) is 2.56. The topological polar surface area (TPSA) is 40.5 Å². The van der Waals surface area contributed by atoms with Gasteiger partial charge in [0.05, 0.1) is 6.54 Å². The van der Waals surface area contributed by atoms with E-state index in [2.05, 4.69) is 26.8 Å². The maximum absolute atomic E-state index is 10.9. The average molecular weight is 241 g/mol. The first-order chi connectivity index (χ1) is 7.56. The van der Waals surface area contributed by atoms with Crippen LogP contribution in [0, 0.1) is 0 Å². The molecule has 3 nitrogen and oxygen atoms in total. The molecule has 1 aromatic heterocycles. The van der Waals surface area contributed by atoms with E-state index in [-0.39, 0.29) is 18.6 Å².